The second kappa shape index (κ2) is 12.5. The molecule has 3 atom stereocenters. The number of hydrogen-bond acceptors (Lipinski definition) is 5. The van der Waals surface area contributed by atoms with Gasteiger partial charge in [-0.05, 0) is 43.2 Å². The maximum Gasteiger partial charge on any atom is 0.416 e. The third kappa shape index (κ3) is 7.20. The van der Waals surface area contributed by atoms with Crippen molar-refractivity contribution in [3.63, 3.8) is 0 Å². The summed E-state index contributed by atoms with van der Waals surface area (Å²) in [6, 6.07) is 5.89. The Bertz CT molecular complexity index is 1290. The third-order valence-corrected chi connectivity index (χ3v) is 7.13. The lowest BCUT2D eigenvalue weighted by Crippen LogP contribution is -2.60. The number of piperazine rings is 1. The molecule has 1 heterocycles. The van der Waals surface area contributed by atoms with Gasteiger partial charge < -0.3 is 20.4 Å². The van der Waals surface area contributed by atoms with Crippen molar-refractivity contribution in [2.24, 2.45) is 5.92 Å². The van der Waals surface area contributed by atoms with Crippen LogP contribution in [0, 0.1) is 16.0 Å². The number of halogens is 4. The molecule has 0 spiro atoms. The number of nitro benzene ring substituents is 1. The van der Waals surface area contributed by atoms with E-state index in [1.54, 1.807) is 13.8 Å². The zero-order valence-electron chi connectivity index (χ0n) is 22.0. The van der Waals surface area contributed by atoms with Gasteiger partial charge >= 0.3 is 12.2 Å². The number of nitrogens with one attached hydrogen (secondary N) is 2. The summed E-state index contributed by atoms with van der Waals surface area (Å²) in [5, 5.41) is 16.2. The molecule has 1 aliphatic rings. The number of carbonyl (C=O) groups excluding carboxylic acids is 3. The predicted molar refractivity (Wildman–Crippen MR) is 142 cm³/mol. The number of anilines is 1. The van der Waals surface area contributed by atoms with Crippen LogP contribution in [0.15, 0.2) is 42.5 Å². The fourth-order valence-corrected chi connectivity index (χ4v) is 4.51. The molecule has 1 saturated heterocycles. The molecule has 1 aliphatic heterocycles. The summed E-state index contributed by atoms with van der Waals surface area (Å²) < 4.78 is 39.0. The number of nitrogens with zero attached hydrogens (tertiary/aromatic N) is 3. The lowest BCUT2D eigenvalue weighted by Gasteiger charge is -2.41. The minimum atomic E-state index is -4.55. The maximum atomic E-state index is 13.5. The zero-order chi connectivity index (χ0) is 29.8. The highest BCUT2D eigenvalue weighted by Gasteiger charge is 2.36. The van der Waals surface area contributed by atoms with Crippen molar-refractivity contribution in [2.75, 3.05) is 25.0 Å². The minimum Gasteiger partial charge on any atom is -0.340 e. The van der Waals surface area contributed by atoms with Crippen LogP contribution >= 0.6 is 11.6 Å². The zero-order valence-corrected chi connectivity index (χ0v) is 22.8. The standard InChI is InChI=1S/C26H29ClF3N5O5/c1-4-15(2)22(32-23(36)17-8-9-20(27)21(12-17)35(39)40)24(37)33-10-11-34(16(3)14-33)25(38)31-19-7-5-6-18(13-19)26(28,29)30/h5-9,12-13,15-16,22H,4,10-11,14H2,1-3H3,(H,31,38)(H,32,36). The first-order valence-electron chi connectivity index (χ1n) is 12.5. The Hall–Kier alpha value is -3.87. The Morgan fingerprint density at radius 3 is 2.48 bits per heavy atom. The molecule has 2 aromatic rings. The summed E-state index contributed by atoms with van der Waals surface area (Å²) >= 11 is 5.83. The Balaban J connectivity index is 1.68. The summed E-state index contributed by atoms with van der Waals surface area (Å²) in [4.78, 5) is 52.7. The van der Waals surface area contributed by atoms with Crippen LogP contribution in [0.2, 0.25) is 5.02 Å². The van der Waals surface area contributed by atoms with Crippen molar-refractivity contribution in [1.82, 2.24) is 15.1 Å². The first-order valence-corrected chi connectivity index (χ1v) is 12.9. The average Bonchev–Trinajstić information content (AvgIpc) is 2.90. The predicted octanol–water partition coefficient (Wildman–Crippen LogP) is 5.18. The minimum absolute atomic E-state index is 0.00693. The van der Waals surface area contributed by atoms with Gasteiger partial charge in [0.2, 0.25) is 5.91 Å². The summed E-state index contributed by atoms with van der Waals surface area (Å²) in [6.45, 7) is 5.72. The van der Waals surface area contributed by atoms with E-state index < -0.39 is 46.4 Å². The number of alkyl halides is 3. The number of carbonyl (C=O) groups is 3. The van der Waals surface area contributed by atoms with E-state index in [4.69, 9.17) is 11.6 Å². The Kier molecular flexibility index (Phi) is 9.61. The number of amides is 4. The van der Waals surface area contributed by atoms with Gasteiger partial charge in [0.25, 0.3) is 11.6 Å². The third-order valence-electron chi connectivity index (χ3n) is 6.81. The Morgan fingerprint density at radius 1 is 1.18 bits per heavy atom. The lowest BCUT2D eigenvalue weighted by molar-refractivity contribution is -0.384. The molecule has 0 radical (unpaired) electrons. The van der Waals surface area contributed by atoms with Gasteiger partial charge in [-0.15, -0.1) is 0 Å². The fourth-order valence-electron chi connectivity index (χ4n) is 4.33. The molecular weight excluding hydrogens is 555 g/mol. The second-order valence-corrected chi connectivity index (χ2v) is 10.0. The SMILES string of the molecule is CCC(C)C(NC(=O)c1ccc(Cl)c([N+](=O)[O-])c1)C(=O)N1CCN(C(=O)Nc2cccc(C(F)(F)F)c2)C(C)C1. The van der Waals surface area contributed by atoms with E-state index in [0.717, 1.165) is 18.2 Å². The first-order chi connectivity index (χ1) is 18.7. The molecule has 3 unspecified atom stereocenters. The van der Waals surface area contributed by atoms with Crippen LogP contribution in [0.25, 0.3) is 0 Å². The smallest absolute Gasteiger partial charge is 0.340 e. The maximum absolute atomic E-state index is 13.5. The van der Waals surface area contributed by atoms with Crippen molar-refractivity contribution >= 4 is 40.8 Å². The molecule has 10 nitrogen and oxygen atoms in total. The highest BCUT2D eigenvalue weighted by molar-refractivity contribution is 6.32. The van der Waals surface area contributed by atoms with Gasteiger partial charge in [-0.1, -0.05) is 37.9 Å². The van der Waals surface area contributed by atoms with E-state index in [-0.39, 0.29) is 47.7 Å². The van der Waals surface area contributed by atoms with Crippen molar-refractivity contribution in [3.8, 4) is 0 Å². The number of rotatable bonds is 7. The van der Waals surface area contributed by atoms with Crippen LogP contribution in [0.5, 0.6) is 0 Å². The van der Waals surface area contributed by atoms with Crippen LogP contribution in [0.4, 0.5) is 29.3 Å². The number of hydrogen-bond donors (Lipinski definition) is 2. The molecular formula is C26H29ClF3N5O5. The topological polar surface area (TPSA) is 125 Å². The summed E-state index contributed by atoms with van der Waals surface area (Å²) in [7, 11) is 0. The monoisotopic (exact) mass is 583 g/mol. The van der Waals surface area contributed by atoms with E-state index in [9.17, 15) is 37.7 Å². The molecule has 40 heavy (non-hydrogen) atoms. The fraction of sp³-hybridized carbons (Fsp3) is 0.423. The highest BCUT2D eigenvalue weighted by Crippen LogP contribution is 2.31. The molecule has 1 fully saturated rings. The van der Waals surface area contributed by atoms with Crippen molar-refractivity contribution in [1.29, 1.82) is 0 Å². The summed E-state index contributed by atoms with van der Waals surface area (Å²) in [5.41, 5.74) is -1.36. The largest absolute Gasteiger partial charge is 0.416 e. The molecule has 14 heteroatoms. The molecule has 2 N–H and O–H groups in total. The molecule has 3 rings (SSSR count). The average molecular weight is 584 g/mol. The van der Waals surface area contributed by atoms with E-state index >= 15 is 0 Å². The van der Waals surface area contributed by atoms with Gasteiger partial charge in [0.15, 0.2) is 0 Å². The highest BCUT2D eigenvalue weighted by atomic mass is 35.5. The molecule has 0 aliphatic carbocycles. The molecule has 2 aromatic carbocycles. The van der Waals surface area contributed by atoms with E-state index in [1.165, 1.54) is 34.1 Å². The Labute approximate surface area is 233 Å². The van der Waals surface area contributed by atoms with Gasteiger partial charge in [-0.2, -0.15) is 13.2 Å². The van der Waals surface area contributed by atoms with Crippen LogP contribution in [-0.2, 0) is 11.0 Å². The Morgan fingerprint density at radius 2 is 1.88 bits per heavy atom. The van der Waals surface area contributed by atoms with Crippen molar-refractivity contribution in [3.05, 3.63) is 68.7 Å². The quantitative estimate of drug-likeness (QED) is 0.343. The van der Waals surface area contributed by atoms with Crippen molar-refractivity contribution < 1.29 is 32.5 Å². The number of benzene rings is 2. The van der Waals surface area contributed by atoms with Crippen LogP contribution in [-0.4, -0.2) is 64.3 Å². The van der Waals surface area contributed by atoms with Gasteiger partial charge in [0, 0.05) is 43.0 Å². The summed E-state index contributed by atoms with van der Waals surface area (Å²) in [6.07, 6.45) is -4.00. The molecule has 0 saturated carbocycles. The number of urea groups is 1. The van der Waals surface area contributed by atoms with Gasteiger partial charge in [0.05, 0.1) is 10.5 Å². The first kappa shape index (κ1) is 30.7. The molecule has 0 bridgehead atoms. The van der Waals surface area contributed by atoms with E-state index in [0.29, 0.717) is 6.42 Å². The van der Waals surface area contributed by atoms with Gasteiger partial charge in [0.1, 0.15) is 11.1 Å². The summed E-state index contributed by atoms with van der Waals surface area (Å²) in [5.74, 6) is -1.34. The van der Waals surface area contributed by atoms with E-state index in [2.05, 4.69) is 10.6 Å². The van der Waals surface area contributed by atoms with Gasteiger partial charge in [-0.3, -0.25) is 19.7 Å². The van der Waals surface area contributed by atoms with Gasteiger partial charge in [-0.25, -0.2) is 4.79 Å². The van der Waals surface area contributed by atoms with Crippen LogP contribution in [0.3, 0.4) is 0 Å². The van der Waals surface area contributed by atoms with Crippen LogP contribution in [0.1, 0.15) is 43.1 Å². The lowest BCUT2D eigenvalue weighted by atomic mass is 9.96. The molecule has 4 amide bonds. The van der Waals surface area contributed by atoms with E-state index in [1.807, 2.05) is 6.92 Å². The normalized spacial score (nSPS) is 17.1. The second-order valence-electron chi connectivity index (χ2n) is 9.60. The van der Waals surface area contributed by atoms with Crippen LogP contribution < -0.4 is 10.6 Å². The molecule has 216 valence electrons. The number of nitro groups is 1. The van der Waals surface area contributed by atoms with Crippen molar-refractivity contribution in [2.45, 2.75) is 45.5 Å². The molecule has 0 aromatic heterocycles.